The molecule has 1 aliphatic rings. The molecule has 170 valence electrons. The molecule has 0 radical (unpaired) electrons. The molecule has 2 aromatic rings. The summed E-state index contributed by atoms with van der Waals surface area (Å²) in [5.74, 6) is -0.154. The molecule has 0 bridgehead atoms. The van der Waals surface area contributed by atoms with Crippen molar-refractivity contribution < 1.29 is 41.8 Å². The van der Waals surface area contributed by atoms with Gasteiger partial charge in [0.2, 0.25) is 0 Å². The Morgan fingerprint density at radius 2 is 1.42 bits per heavy atom. The second-order valence-electron chi connectivity index (χ2n) is 6.76. The summed E-state index contributed by atoms with van der Waals surface area (Å²) in [6, 6.07) is 8.97. The van der Waals surface area contributed by atoms with Gasteiger partial charge in [0.1, 0.15) is 11.5 Å². The number of ketones is 1. The van der Waals surface area contributed by atoms with Crippen molar-refractivity contribution in [2.45, 2.75) is 39.2 Å². The van der Waals surface area contributed by atoms with E-state index in [9.17, 15) is 15.0 Å². The predicted octanol–water partition coefficient (Wildman–Crippen LogP) is 2.39. The fourth-order valence-corrected chi connectivity index (χ4v) is 2.64. The molecule has 0 unspecified atom stereocenters. The number of ether oxygens (including phenoxy) is 1. The molecule has 1 heterocycles. The number of halogens is 3. The van der Waals surface area contributed by atoms with Gasteiger partial charge in [-0.2, -0.15) is 0 Å². The number of benzene rings is 2. The second kappa shape index (κ2) is 17.0. The topological polar surface area (TPSA) is 87.0 Å². The van der Waals surface area contributed by atoms with E-state index < -0.39 is 5.60 Å². The Balaban J connectivity index is -0.000000385. The van der Waals surface area contributed by atoms with Crippen LogP contribution in [0.1, 0.15) is 49.5 Å². The summed E-state index contributed by atoms with van der Waals surface area (Å²) in [7, 11) is 0. The number of phenols is 2. The maximum absolute atomic E-state index is 10.8. The number of Topliss-reactive ketones (excluding diaryl/α,β-unsaturated/α-hetero) is 1. The van der Waals surface area contributed by atoms with Gasteiger partial charge in [-0.25, -0.2) is 0 Å². The van der Waals surface area contributed by atoms with Crippen molar-refractivity contribution in [3.8, 4) is 11.5 Å². The van der Waals surface area contributed by atoms with Crippen LogP contribution in [0, 0.1) is 7.43 Å². The first kappa shape index (κ1) is 35.1. The third-order valence-electron chi connectivity index (χ3n) is 3.78. The van der Waals surface area contributed by atoms with E-state index in [-0.39, 0.29) is 70.3 Å². The second-order valence-corrected chi connectivity index (χ2v) is 7.63. The van der Waals surface area contributed by atoms with Gasteiger partial charge in [-0.05, 0) is 70.0 Å². The summed E-state index contributed by atoms with van der Waals surface area (Å²) in [4.78, 5) is 10.8. The Kier molecular flexibility index (Phi) is 19.2. The fraction of sp³-hybridized carbons (Fsp3) is 0.364. The molecule has 3 N–H and O–H groups in total. The monoisotopic (exact) mass is 546 g/mol. The van der Waals surface area contributed by atoms with Gasteiger partial charge in [0.15, 0.2) is 5.78 Å². The number of hydrogen-bond acceptors (Lipinski definition) is 5. The summed E-state index contributed by atoms with van der Waals surface area (Å²) in [5.41, 5.74) is -0.359. The molecule has 3 rings (SSSR count). The van der Waals surface area contributed by atoms with Gasteiger partial charge in [-0.1, -0.05) is 23.2 Å². The first-order valence-corrected chi connectivity index (χ1v) is 9.56. The minimum atomic E-state index is -1.06. The molecule has 0 atom stereocenters. The molecule has 0 amide bonds. The van der Waals surface area contributed by atoms with Gasteiger partial charge in [-0.15, -0.1) is 0 Å². The van der Waals surface area contributed by atoms with E-state index in [1.165, 1.54) is 44.0 Å². The minimum Gasteiger partial charge on any atom is -1.00 e. The van der Waals surface area contributed by atoms with Crippen LogP contribution in [0.2, 0.25) is 10.0 Å². The zero-order valence-corrected chi connectivity index (χ0v) is 22.8. The van der Waals surface area contributed by atoms with Crippen LogP contribution in [0.4, 0.5) is 0 Å². The first-order chi connectivity index (χ1) is 13.0. The molecule has 1 fully saturated rings. The molecular formula is C22H29BrCl2MgO5. The van der Waals surface area contributed by atoms with Crippen LogP contribution >= 0.6 is 23.2 Å². The van der Waals surface area contributed by atoms with E-state index in [1.54, 1.807) is 26.0 Å². The van der Waals surface area contributed by atoms with Gasteiger partial charge in [0.05, 0.1) is 11.2 Å². The van der Waals surface area contributed by atoms with Crippen LogP contribution in [-0.4, -0.2) is 57.4 Å². The van der Waals surface area contributed by atoms with E-state index >= 15 is 0 Å². The number of rotatable bonds is 2. The standard InChI is InChI=1S/C9H11ClO2.C8H7ClO2.C4H8O.CH3.BrH.Mg/c1-9(2,12)7-5-6(10)3-4-8(7)11;1-5(10)7-4-6(9)2-3-8(7)11;1-2-4-5-3-1;;;/h3-5,11-12H,1-2H3;2-4,11H,1H3;1-4H2;1H3;1H;/q;;;-1;;+2/p-1. The molecule has 31 heavy (non-hydrogen) atoms. The molecule has 1 saturated heterocycles. The molecule has 0 aromatic heterocycles. The van der Waals surface area contributed by atoms with Crippen LogP contribution in [0.5, 0.6) is 11.5 Å². The summed E-state index contributed by atoms with van der Waals surface area (Å²) in [6.07, 6.45) is 2.56. The first-order valence-electron chi connectivity index (χ1n) is 8.81. The quantitative estimate of drug-likeness (QED) is 0.305. The van der Waals surface area contributed by atoms with Crippen LogP contribution < -0.4 is 17.0 Å². The number of carbonyl (C=O) groups is 1. The van der Waals surface area contributed by atoms with Gasteiger partial charge < -0.3 is 44.5 Å². The summed E-state index contributed by atoms with van der Waals surface area (Å²) >= 11 is 11.3. The summed E-state index contributed by atoms with van der Waals surface area (Å²) < 4.78 is 4.94. The van der Waals surface area contributed by atoms with E-state index in [4.69, 9.17) is 33.0 Å². The Hall–Kier alpha value is -0.544. The molecule has 1 aliphatic heterocycles. The normalized spacial score (nSPS) is 11.8. The van der Waals surface area contributed by atoms with Crippen molar-refractivity contribution in [2.24, 2.45) is 0 Å². The van der Waals surface area contributed by atoms with E-state index in [1.807, 2.05) is 0 Å². The number of aliphatic hydroxyl groups is 1. The van der Waals surface area contributed by atoms with Crippen molar-refractivity contribution in [2.75, 3.05) is 13.2 Å². The van der Waals surface area contributed by atoms with Crippen LogP contribution in [-0.2, 0) is 10.3 Å². The average Bonchev–Trinajstić information content (AvgIpc) is 3.18. The maximum atomic E-state index is 10.8. The van der Waals surface area contributed by atoms with Crippen molar-refractivity contribution in [3.05, 3.63) is 65.0 Å². The minimum absolute atomic E-state index is 0. The number of aromatic hydroxyl groups is 2. The van der Waals surface area contributed by atoms with Crippen LogP contribution in [0.15, 0.2) is 36.4 Å². The Morgan fingerprint density at radius 3 is 1.74 bits per heavy atom. The smallest absolute Gasteiger partial charge is 1.00 e. The maximum Gasteiger partial charge on any atom is 2.00 e. The van der Waals surface area contributed by atoms with Crippen molar-refractivity contribution in [1.29, 1.82) is 0 Å². The molecule has 0 aliphatic carbocycles. The average molecular weight is 549 g/mol. The van der Waals surface area contributed by atoms with Gasteiger partial charge >= 0.3 is 23.1 Å². The van der Waals surface area contributed by atoms with Crippen LogP contribution in [0.3, 0.4) is 0 Å². The molecule has 5 nitrogen and oxygen atoms in total. The van der Waals surface area contributed by atoms with Gasteiger partial charge in [0.25, 0.3) is 0 Å². The Morgan fingerprint density at radius 1 is 0.968 bits per heavy atom. The number of carbonyl (C=O) groups excluding carboxylic acids is 1. The molecule has 9 heteroatoms. The van der Waals surface area contributed by atoms with E-state index in [0.717, 1.165) is 13.2 Å². The summed E-state index contributed by atoms with van der Waals surface area (Å²) in [6.45, 7) is 6.57. The number of phenolic OH excluding ortho intramolecular Hbond substituents is 2. The zero-order chi connectivity index (χ0) is 21.3. The third-order valence-corrected chi connectivity index (χ3v) is 4.25. The SMILES string of the molecule is C1CCOC1.CC(=O)c1cc(Cl)ccc1O.CC(C)(O)c1cc(Cl)ccc1O.[Br-].[CH3-].[Mg+2]. The van der Waals surface area contributed by atoms with Crippen LogP contribution in [0.25, 0.3) is 0 Å². The Labute approximate surface area is 221 Å². The van der Waals surface area contributed by atoms with E-state index in [0.29, 0.717) is 15.6 Å². The predicted molar refractivity (Wildman–Crippen MR) is 124 cm³/mol. The molecule has 2 aromatic carbocycles. The molecule has 0 saturated carbocycles. The third kappa shape index (κ3) is 13.6. The molecule has 0 spiro atoms. The van der Waals surface area contributed by atoms with Gasteiger partial charge in [0, 0.05) is 28.8 Å². The van der Waals surface area contributed by atoms with E-state index in [2.05, 4.69) is 0 Å². The van der Waals surface area contributed by atoms with Crippen molar-refractivity contribution in [3.63, 3.8) is 0 Å². The number of hydrogen-bond donors (Lipinski definition) is 3. The zero-order valence-electron chi connectivity index (χ0n) is 18.3. The fourth-order valence-electron chi connectivity index (χ4n) is 2.30. The largest absolute Gasteiger partial charge is 2.00 e. The van der Waals surface area contributed by atoms with Crippen molar-refractivity contribution in [1.82, 2.24) is 0 Å². The van der Waals surface area contributed by atoms with Crippen molar-refractivity contribution >= 4 is 52.0 Å². The summed E-state index contributed by atoms with van der Waals surface area (Å²) in [5, 5.41) is 29.0. The van der Waals surface area contributed by atoms with Gasteiger partial charge in [-0.3, -0.25) is 4.79 Å². The molecular weight excluding hydrogens is 519 g/mol. The Bertz CT molecular complexity index is 786.